The highest BCUT2D eigenvalue weighted by atomic mass is 16.5. The number of imidazole rings is 1. The Morgan fingerprint density at radius 3 is 2.62 bits per heavy atom. The van der Waals surface area contributed by atoms with E-state index in [-0.39, 0.29) is 12.0 Å². The highest BCUT2D eigenvalue weighted by Gasteiger charge is 2.33. The van der Waals surface area contributed by atoms with E-state index < -0.39 is 0 Å². The smallest absolute Gasteiger partial charge is 0.219 e. The number of aliphatic hydroxyl groups excluding tert-OH is 1. The van der Waals surface area contributed by atoms with Crippen molar-refractivity contribution in [3.8, 4) is 22.9 Å². The fourth-order valence-corrected chi connectivity index (χ4v) is 4.29. The summed E-state index contributed by atoms with van der Waals surface area (Å²) < 4.78 is 7.91. The maximum absolute atomic E-state index is 9.79. The first-order valence-corrected chi connectivity index (χ1v) is 10.6. The lowest BCUT2D eigenvalue weighted by Gasteiger charge is -2.30. The van der Waals surface area contributed by atoms with Crippen molar-refractivity contribution in [1.29, 1.82) is 0 Å². The van der Waals surface area contributed by atoms with E-state index in [4.69, 9.17) is 20.4 Å². The molecule has 3 N–H and O–H groups in total. The van der Waals surface area contributed by atoms with Crippen LogP contribution in [0.1, 0.15) is 24.6 Å². The van der Waals surface area contributed by atoms with E-state index in [0.717, 1.165) is 39.3 Å². The molecule has 0 saturated heterocycles. The topological polar surface area (TPSA) is 98.6 Å². The van der Waals surface area contributed by atoms with Gasteiger partial charge in [-0.05, 0) is 37.1 Å². The van der Waals surface area contributed by atoms with Gasteiger partial charge in [-0.1, -0.05) is 30.3 Å². The zero-order chi connectivity index (χ0) is 21.7. The maximum atomic E-state index is 9.79. The number of rotatable bonds is 4. The minimum atomic E-state index is -0.261. The van der Waals surface area contributed by atoms with E-state index in [1.54, 1.807) is 6.20 Å². The van der Waals surface area contributed by atoms with Crippen molar-refractivity contribution in [2.24, 2.45) is 0 Å². The quantitative estimate of drug-likeness (QED) is 0.440. The van der Waals surface area contributed by atoms with Crippen LogP contribution in [0.25, 0.3) is 27.7 Å². The van der Waals surface area contributed by atoms with Crippen molar-refractivity contribution in [3.05, 3.63) is 78.9 Å². The number of aromatic nitrogens is 4. The molecule has 32 heavy (non-hydrogen) atoms. The summed E-state index contributed by atoms with van der Waals surface area (Å²) in [5.74, 6) is 2.80. The number of hydrogen-bond acceptors (Lipinski definition) is 6. The number of aliphatic hydroxyl groups is 1. The third-order valence-corrected chi connectivity index (χ3v) is 5.99. The number of ether oxygens (including phenoxy) is 1. The molecule has 2 aromatic carbocycles. The van der Waals surface area contributed by atoms with Crippen LogP contribution in [0.4, 0.5) is 5.82 Å². The van der Waals surface area contributed by atoms with Gasteiger partial charge < -0.3 is 15.6 Å². The molecule has 1 aliphatic rings. The molecule has 0 radical (unpaired) electrons. The molecule has 0 amide bonds. The van der Waals surface area contributed by atoms with Gasteiger partial charge in [0.2, 0.25) is 5.88 Å². The summed E-state index contributed by atoms with van der Waals surface area (Å²) in [6, 6.07) is 19.5. The van der Waals surface area contributed by atoms with Gasteiger partial charge >= 0.3 is 0 Å². The molecule has 1 aliphatic carbocycles. The Bertz CT molecular complexity index is 1440. The number of anilines is 1. The highest BCUT2D eigenvalue weighted by Crippen LogP contribution is 2.39. The Morgan fingerprint density at radius 2 is 1.81 bits per heavy atom. The SMILES string of the molecule is Nc1nccn2c(C3CC(O)C3)nc(-c3ccc4ccc(Oc5ccccc5)nc4c3)c12. The van der Waals surface area contributed by atoms with Gasteiger partial charge in [0.1, 0.15) is 28.6 Å². The van der Waals surface area contributed by atoms with Crippen LogP contribution in [-0.2, 0) is 0 Å². The number of fused-ring (bicyclic) bond motifs is 2. The molecule has 7 heteroatoms. The second kappa shape index (κ2) is 7.32. The number of pyridine rings is 1. The van der Waals surface area contributed by atoms with Crippen LogP contribution in [0.2, 0.25) is 0 Å². The zero-order valence-electron chi connectivity index (χ0n) is 17.2. The van der Waals surface area contributed by atoms with Gasteiger partial charge in [-0.3, -0.25) is 4.40 Å². The highest BCUT2D eigenvalue weighted by molar-refractivity contribution is 5.90. The molecule has 0 bridgehead atoms. The summed E-state index contributed by atoms with van der Waals surface area (Å²) in [6.45, 7) is 0. The molecule has 3 aromatic heterocycles. The Morgan fingerprint density at radius 1 is 1.00 bits per heavy atom. The Labute approximate surface area is 184 Å². The molecule has 6 rings (SSSR count). The summed E-state index contributed by atoms with van der Waals surface area (Å²) in [7, 11) is 0. The van der Waals surface area contributed by atoms with Crippen molar-refractivity contribution >= 4 is 22.2 Å². The number of hydrogen-bond donors (Lipinski definition) is 2. The lowest BCUT2D eigenvalue weighted by atomic mass is 9.82. The largest absolute Gasteiger partial charge is 0.439 e. The van der Waals surface area contributed by atoms with Crippen molar-refractivity contribution in [1.82, 2.24) is 19.4 Å². The van der Waals surface area contributed by atoms with E-state index >= 15 is 0 Å². The molecule has 1 saturated carbocycles. The van der Waals surface area contributed by atoms with Gasteiger partial charge in [-0.25, -0.2) is 15.0 Å². The van der Waals surface area contributed by atoms with Gasteiger partial charge in [-0.15, -0.1) is 0 Å². The van der Waals surface area contributed by atoms with Crippen molar-refractivity contribution < 1.29 is 9.84 Å². The third kappa shape index (κ3) is 3.14. The molecule has 0 atom stereocenters. The number of nitrogens with two attached hydrogens (primary N) is 1. The van der Waals surface area contributed by atoms with Crippen LogP contribution in [-0.4, -0.2) is 30.6 Å². The van der Waals surface area contributed by atoms with Crippen LogP contribution < -0.4 is 10.5 Å². The Balaban J connectivity index is 1.45. The number of nitrogens with zero attached hydrogens (tertiary/aromatic N) is 4. The minimum Gasteiger partial charge on any atom is -0.439 e. The van der Waals surface area contributed by atoms with E-state index in [1.165, 1.54) is 0 Å². The summed E-state index contributed by atoms with van der Waals surface area (Å²) in [4.78, 5) is 13.9. The van der Waals surface area contributed by atoms with E-state index in [0.29, 0.717) is 24.5 Å². The second-order valence-corrected chi connectivity index (χ2v) is 8.14. The minimum absolute atomic E-state index is 0.206. The standard InChI is InChI=1S/C25H21N5O2/c26-24-23-22(29-25(17-12-18(31)13-17)30(23)11-10-27-24)16-7-6-15-8-9-21(28-20(15)14-16)32-19-4-2-1-3-5-19/h1-11,14,17-18,31H,12-13H2,(H2,26,27). The van der Waals surface area contributed by atoms with E-state index in [9.17, 15) is 5.11 Å². The predicted molar refractivity (Wildman–Crippen MR) is 123 cm³/mol. The first kappa shape index (κ1) is 18.8. The second-order valence-electron chi connectivity index (χ2n) is 8.14. The maximum Gasteiger partial charge on any atom is 0.219 e. The molecular formula is C25H21N5O2. The fourth-order valence-electron chi connectivity index (χ4n) is 4.29. The number of para-hydroxylation sites is 1. The zero-order valence-corrected chi connectivity index (χ0v) is 17.2. The first-order valence-electron chi connectivity index (χ1n) is 10.6. The lowest BCUT2D eigenvalue weighted by Crippen LogP contribution is -2.27. The molecule has 1 fully saturated rings. The van der Waals surface area contributed by atoms with Crippen molar-refractivity contribution in [2.45, 2.75) is 24.9 Å². The van der Waals surface area contributed by atoms with Gasteiger partial charge in [-0.2, -0.15) is 0 Å². The predicted octanol–water partition coefficient (Wildman–Crippen LogP) is 4.56. The molecule has 3 heterocycles. The van der Waals surface area contributed by atoms with Gasteiger partial charge in [0, 0.05) is 35.3 Å². The van der Waals surface area contributed by atoms with Crippen LogP contribution in [0.3, 0.4) is 0 Å². The fraction of sp³-hybridized carbons (Fsp3) is 0.160. The Hall–Kier alpha value is -3.97. The third-order valence-electron chi connectivity index (χ3n) is 5.99. The molecule has 0 spiro atoms. The average molecular weight is 423 g/mol. The van der Waals surface area contributed by atoms with Gasteiger partial charge in [0.25, 0.3) is 0 Å². The van der Waals surface area contributed by atoms with Crippen LogP contribution in [0.15, 0.2) is 73.1 Å². The van der Waals surface area contributed by atoms with Crippen LogP contribution >= 0.6 is 0 Å². The summed E-state index contributed by atoms with van der Waals surface area (Å²) >= 11 is 0. The van der Waals surface area contributed by atoms with E-state index in [1.807, 2.05) is 71.3 Å². The summed E-state index contributed by atoms with van der Waals surface area (Å²) in [5.41, 5.74) is 9.52. The van der Waals surface area contributed by atoms with Crippen molar-refractivity contribution in [3.63, 3.8) is 0 Å². The molecule has 7 nitrogen and oxygen atoms in total. The first-order chi connectivity index (χ1) is 15.7. The average Bonchev–Trinajstić information content (AvgIpc) is 3.18. The normalized spacial score (nSPS) is 18.0. The molecule has 5 aromatic rings. The number of nitrogen functional groups attached to an aromatic ring is 1. The van der Waals surface area contributed by atoms with Crippen LogP contribution in [0.5, 0.6) is 11.6 Å². The number of benzene rings is 2. The van der Waals surface area contributed by atoms with Crippen molar-refractivity contribution in [2.75, 3.05) is 5.73 Å². The van der Waals surface area contributed by atoms with Gasteiger partial charge in [0.15, 0.2) is 0 Å². The van der Waals surface area contributed by atoms with Crippen LogP contribution in [0, 0.1) is 0 Å². The molecule has 158 valence electrons. The monoisotopic (exact) mass is 423 g/mol. The van der Waals surface area contributed by atoms with Gasteiger partial charge in [0.05, 0.1) is 11.6 Å². The lowest BCUT2D eigenvalue weighted by molar-refractivity contribution is 0.0715. The summed E-state index contributed by atoms with van der Waals surface area (Å²) in [6.07, 6.45) is 4.72. The Kier molecular flexibility index (Phi) is 4.29. The van der Waals surface area contributed by atoms with E-state index in [2.05, 4.69) is 4.98 Å². The summed E-state index contributed by atoms with van der Waals surface area (Å²) in [5, 5.41) is 10.8. The molecule has 0 aliphatic heterocycles. The molecular weight excluding hydrogens is 402 g/mol. The molecule has 0 unspecified atom stereocenters.